The largest absolute Gasteiger partial charge is 0.299 e. The van der Waals surface area contributed by atoms with Crippen LogP contribution in [0.1, 0.15) is 97.8 Å². The van der Waals surface area contributed by atoms with E-state index in [0.29, 0.717) is 34.4 Å². The lowest BCUT2D eigenvalue weighted by Gasteiger charge is -2.67. The highest BCUT2D eigenvalue weighted by molar-refractivity contribution is 6.64. The molecule has 162 valence electrons. The molecule has 5 rings (SSSR count). The van der Waals surface area contributed by atoms with Crippen LogP contribution in [0.3, 0.4) is 0 Å². The molecule has 0 heterocycles. The Balaban J connectivity index is 1.48. The van der Waals surface area contributed by atoms with E-state index in [1.54, 1.807) is 0 Å². The van der Waals surface area contributed by atoms with Crippen LogP contribution in [0, 0.1) is 51.8 Å². The molecule has 0 spiro atoms. The number of hydrogen-bond donors (Lipinski definition) is 0. The summed E-state index contributed by atoms with van der Waals surface area (Å²) in [5.41, 5.74) is 0.499. The molecule has 5 saturated carbocycles. The predicted octanol–water partition coefficient (Wildman–Crippen LogP) is 6.79. The lowest BCUT2D eigenvalue weighted by molar-refractivity contribution is -0.191. The summed E-state index contributed by atoms with van der Waals surface area (Å²) in [5.74, 6) is 4.05. The summed E-state index contributed by atoms with van der Waals surface area (Å²) in [6, 6.07) is 0. The van der Waals surface area contributed by atoms with Gasteiger partial charge in [0.1, 0.15) is 5.78 Å². The molecule has 9 unspecified atom stereocenters. The average Bonchev–Trinajstić information content (AvgIpc) is 2.70. The number of Topliss-reactive ketones (excluding diaryl/α,β-unsaturated/α-hetero) is 1. The summed E-state index contributed by atoms with van der Waals surface area (Å²) >= 11 is 6.30. The summed E-state index contributed by atoms with van der Waals surface area (Å²) in [7, 11) is 0. The molecule has 9 atom stereocenters. The van der Waals surface area contributed by atoms with Crippen LogP contribution < -0.4 is 0 Å². The third-order valence-corrected chi connectivity index (χ3v) is 11.9. The van der Waals surface area contributed by atoms with Crippen LogP contribution in [0.4, 0.5) is 0 Å². The standard InChI is InChI=1S/C26H39ClO2/c1-16-18-9-13-25(3)19-10-15-26(23(27)29)12-5-4-6-20(26)17(19)7-8-22(25)24(18,2)14-11-21(16)28/h16-20,22H,4-15H2,1-3H3. The van der Waals surface area contributed by atoms with E-state index in [0.717, 1.165) is 37.5 Å². The van der Waals surface area contributed by atoms with Gasteiger partial charge in [-0.25, -0.2) is 0 Å². The summed E-state index contributed by atoms with van der Waals surface area (Å²) < 4.78 is 0. The maximum Gasteiger partial charge on any atom is 0.228 e. The van der Waals surface area contributed by atoms with Crippen LogP contribution >= 0.6 is 11.6 Å². The smallest absolute Gasteiger partial charge is 0.228 e. The van der Waals surface area contributed by atoms with E-state index in [1.165, 1.54) is 51.4 Å². The zero-order chi connectivity index (χ0) is 20.6. The molecule has 2 nitrogen and oxygen atoms in total. The van der Waals surface area contributed by atoms with Gasteiger partial charge in [0.15, 0.2) is 0 Å². The fourth-order valence-corrected chi connectivity index (χ4v) is 10.5. The van der Waals surface area contributed by atoms with Crippen molar-refractivity contribution in [2.75, 3.05) is 0 Å². The highest BCUT2D eigenvalue weighted by Gasteiger charge is 2.65. The Morgan fingerprint density at radius 2 is 1.59 bits per heavy atom. The molecule has 29 heavy (non-hydrogen) atoms. The van der Waals surface area contributed by atoms with Crippen LogP contribution in [-0.2, 0) is 9.59 Å². The molecule has 0 N–H and O–H groups in total. The molecule has 0 saturated heterocycles. The maximum absolute atomic E-state index is 12.6. The quantitative estimate of drug-likeness (QED) is 0.439. The SMILES string of the molecule is CC1C(=O)CCC2(C)C1CCC1(C)C3CCC4(C(=O)Cl)CCCCC4C3CCC21. The van der Waals surface area contributed by atoms with Crippen LogP contribution in [-0.4, -0.2) is 11.0 Å². The first kappa shape index (κ1) is 20.5. The lowest BCUT2D eigenvalue weighted by Crippen LogP contribution is -2.62. The van der Waals surface area contributed by atoms with Gasteiger partial charge >= 0.3 is 0 Å². The molecule has 0 radical (unpaired) electrons. The number of fused-ring (bicyclic) bond motifs is 7. The molecule has 0 aromatic carbocycles. The van der Waals surface area contributed by atoms with Crippen LogP contribution in [0.25, 0.3) is 0 Å². The minimum Gasteiger partial charge on any atom is -0.299 e. The maximum atomic E-state index is 12.6. The van der Waals surface area contributed by atoms with Gasteiger partial charge in [-0.15, -0.1) is 0 Å². The number of carbonyl (C=O) groups excluding carboxylic acids is 2. The van der Waals surface area contributed by atoms with Gasteiger partial charge in [-0.05, 0) is 110 Å². The number of ketones is 1. The minimum absolute atomic E-state index is 0.0248. The Hall–Kier alpha value is -0.370. The van der Waals surface area contributed by atoms with E-state index in [2.05, 4.69) is 20.8 Å². The first-order chi connectivity index (χ1) is 13.7. The van der Waals surface area contributed by atoms with Crippen molar-refractivity contribution >= 4 is 22.6 Å². The van der Waals surface area contributed by atoms with Gasteiger partial charge in [0.05, 0.1) is 0 Å². The topological polar surface area (TPSA) is 34.1 Å². The van der Waals surface area contributed by atoms with E-state index in [9.17, 15) is 9.59 Å². The van der Waals surface area contributed by atoms with Gasteiger partial charge < -0.3 is 0 Å². The Kier molecular flexibility index (Phi) is 4.82. The van der Waals surface area contributed by atoms with E-state index in [4.69, 9.17) is 11.6 Å². The summed E-state index contributed by atoms with van der Waals surface area (Å²) in [6.07, 6.45) is 13.9. The van der Waals surface area contributed by atoms with Crippen LogP contribution in [0.5, 0.6) is 0 Å². The molecule has 5 aliphatic carbocycles. The van der Waals surface area contributed by atoms with Gasteiger partial charge in [0.25, 0.3) is 0 Å². The minimum atomic E-state index is -0.211. The third-order valence-electron chi connectivity index (χ3n) is 11.5. The van der Waals surface area contributed by atoms with E-state index in [-0.39, 0.29) is 16.6 Å². The van der Waals surface area contributed by atoms with Gasteiger partial charge in [-0.1, -0.05) is 33.6 Å². The Bertz CT molecular complexity index is 717. The number of halogens is 1. The molecule has 0 bridgehead atoms. The van der Waals surface area contributed by atoms with Crippen molar-refractivity contribution in [3.8, 4) is 0 Å². The molecule has 5 fully saturated rings. The highest BCUT2D eigenvalue weighted by Crippen LogP contribution is 2.71. The normalized spacial score (nSPS) is 54.6. The number of hydrogen-bond acceptors (Lipinski definition) is 2. The van der Waals surface area contributed by atoms with Crippen molar-refractivity contribution in [2.24, 2.45) is 51.8 Å². The monoisotopic (exact) mass is 418 g/mol. The zero-order valence-electron chi connectivity index (χ0n) is 18.6. The van der Waals surface area contributed by atoms with Crippen molar-refractivity contribution in [3.63, 3.8) is 0 Å². The molecule has 5 aliphatic rings. The van der Waals surface area contributed by atoms with Crippen LogP contribution in [0.2, 0.25) is 0 Å². The molecule has 0 aliphatic heterocycles. The molecular formula is C26H39ClO2. The van der Waals surface area contributed by atoms with Crippen molar-refractivity contribution in [2.45, 2.75) is 97.8 Å². The Morgan fingerprint density at radius 1 is 0.862 bits per heavy atom. The fourth-order valence-electron chi connectivity index (χ4n) is 10.1. The first-order valence-corrected chi connectivity index (χ1v) is 12.8. The Labute approximate surface area is 181 Å². The molecule has 0 aromatic heterocycles. The third kappa shape index (κ3) is 2.66. The van der Waals surface area contributed by atoms with E-state index < -0.39 is 0 Å². The summed E-state index contributed by atoms with van der Waals surface area (Å²) in [4.78, 5) is 25.1. The highest BCUT2D eigenvalue weighted by atomic mass is 35.5. The van der Waals surface area contributed by atoms with Crippen molar-refractivity contribution in [1.29, 1.82) is 0 Å². The molecule has 0 aromatic rings. The van der Waals surface area contributed by atoms with Gasteiger partial charge in [0, 0.05) is 17.8 Å². The zero-order valence-corrected chi connectivity index (χ0v) is 19.4. The Morgan fingerprint density at radius 3 is 2.34 bits per heavy atom. The second kappa shape index (κ2) is 6.81. The number of rotatable bonds is 1. The van der Waals surface area contributed by atoms with Gasteiger partial charge in [-0.3, -0.25) is 9.59 Å². The van der Waals surface area contributed by atoms with Gasteiger partial charge in [-0.2, -0.15) is 0 Å². The van der Waals surface area contributed by atoms with Crippen LogP contribution in [0.15, 0.2) is 0 Å². The summed E-state index contributed by atoms with van der Waals surface area (Å²) in [6.45, 7) is 7.36. The fraction of sp³-hybridized carbons (Fsp3) is 0.923. The predicted molar refractivity (Wildman–Crippen MR) is 117 cm³/mol. The van der Waals surface area contributed by atoms with E-state index >= 15 is 0 Å². The van der Waals surface area contributed by atoms with E-state index in [1.807, 2.05) is 0 Å². The van der Waals surface area contributed by atoms with Crippen molar-refractivity contribution in [1.82, 2.24) is 0 Å². The molecule has 0 amide bonds. The summed E-state index contributed by atoms with van der Waals surface area (Å²) in [5, 5.41) is -0.0248. The first-order valence-electron chi connectivity index (χ1n) is 12.5. The average molecular weight is 419 g/mol. The number of carbonyl (C=O) groups is 2. The second-order valence-electron chi connectivity index (χ2n) is 12.1. The lowest BCUT2D eigenvalue weighted by atomic mass is 9.37. The molecule has 3 heteroatoms. The molecular weight excluding hydrogens is 380 g/mol. The van der Waals surface area contributed by atoms with Crippen molar-refractivity contribution < 1.29 is 9.59 Å². The van der Waals surface area contributed by atoms with Gasteiger partial charge in [0.2, 0.25) is 5.24 Å². The van der Waals surface area contributed by atoms with Crippen molar-refractivity contribution in [3.05, 3.63) is 0 Å². The second-order valence-corrected chi connectivity index (χ2v) is 12.5.